The van der Waals surface area contributed by atoms with Crippen LogP contribution < -0.4 is 0 Å². The molecule has 0 fully saturated rings. The van der Waals surface area contributed by atoms with Gasteiger partial charge in [-0.2, -0.15) is 0 Å². The number of carbonyl (C=O) groups excluding carboxylic acids is 1. The molecule has 0 saturated heterocycles. The average Bonchev–Trinajstić information content (AvgIpc) is 2.42. The number of aliphatic hydroxyl groups excluding tert-OH is 1. The normalized spacial score (nSPS) is 12.3. The molecule has 0 aliphatic heterocycles. The number of hydrogen-bond acceptors (Lipinski definition) is 3. The van der Waals surface area contributed by atoms with Gasteiger partial charge in [-0.05, 0) is 50.7 Å². The summed E-state index contributed by atoms with van der Waals surface area (Å²) < 4.78 is 0. The third-order valence-corrected chi connectivity index (χ3v) is 4.18. The summed E-state index contributed by atoms with van der Waals surface area (Å²) in [7, 11) is 0. The van der Waals surface area contributed by atoms with Crippen molar-refractivity contribution >= 4 is 5.91 Å². The van der Waals surface area contributed by atoms with Crippen molar-refractivity contribution in [2.75, 3.05) is 13.2 Å². The Hall–Kier alpha value is -1.55. The topological polar surface area (TPSA) is 60.8 Å². The highest BCUT2D eigenvalue weighted by molar-refractivity contribution is 5.77. The Morgan fingerprint density at radius 2 is 1.71 bits per heavy atom. The molecule has 2 N–H and O–H groups in total. The number of aromatic hydroxyl groups is 1. The van der Waals surface area contributed by atoms with E-state index in [9.17, 15) is 15.0 Å². The third kappa shape index (κ3) is 5.23. The van der Waals surface area contributed by atoms with Gasteiger partial charge in [-0.3, -0.25) is 4.79 Å². The first-order chi connectivity index (χ1) is 10.9. The second kappa shape index (κ2) is 7.56. The van der Waals surface area contributed by atoms with Crippen molar-refractivity contribution in [1.29, 1.82) is 0 Å². The Morgan fingerprint density at radius 3 is 2.17 bits per heavy atom. The molecule has 1 amide bonds. The summed E-state index contributed by atoms with van der Waals surface area (Å²) in [6, 6.07) is 3.96. The fourth-order valence-corrected chi connectivity index (χ4v) is 2.93. The van der Waals surface area contributed by atoms with Crippen LogP contribution in [0.1, 0.15) is 64.7 Å². The summed E-state index contributed by atoms with van der Waals surface area (Å²) in [5, 5.41) is 19.8. The first kappa shape index (κ1) is 20.5. The minimum Gasteiger partial charge on any atom is -0.507 e. The van der Waals surface area contributed by atoms with Crippen LogP contribution in [-0.2, 0) is 16.6 Å². The van der Waals surface area contributed by atoms with E-state index in [1.54, 1.807) is 4.90 Å². The van der Waals surface area contributed by atoms with Crippen molar-refractivity contribution in [2.45, 2.75) is 72.3 Å². The van der Waals surface area contributed by atoms with E-state index < -0.39 is 0 Å². The van der Waals surface area contributed by atoms with Crippen LogP contribution in [0.3, 0.4) is 0 Å². The molecule has 0 saturated carbocycles. The maximum absolute atomic E-state index is 12.6. The van der Waals surface area contributed by atoms with Crippen LogP contribution >= 0.6 is 0 Å². The number of β-amino-alcohol motifs (C(OH)–C–C–N with tert-alkyl or cyclic N) is 1. The van der Waals surface area contributed by atoms with Gasteiger partial charge in [0.15, 0.2) is 0 Å². The summed E-state index contributed by atoms with van der Waals surface area (Å²) in [6.45, 7) is 14.4. The molecule has 24 heavy (non-hydrogen) atoms. The third-order valence-electron chi connectivity index (χ3n) is 4.18. The summed E-state index contributed by atoms with van der Waals surface area (Å²) >= 11 is 0. The molecule has 0 aromatic heterocycles. The molecule has 0 unspecified atom stereocenters. The number of nitrogens with zero attached hydrogens (tertiary/aromatic N) is 1. The summed E-state index contributed by atoms with van der Waals surface area (Å²) in [4.78, 5) is 14.3. The number of amides is 1. The van der Waals surface area contributed by atoms with Crippen LogP contribution in [0.4, 0.5) is 0 Å². The monoisotopic (exact) mass is 335 g/mol. The highest BCUT2D eigenvalue weighted by Crippen LogP contribution is 2.35. The molecule has 0 heterocycles. The fraction of sp³-hybridized carbons (Fsp3) is 0.650. The lowest BCUT2D eigenvalue weighted by atomic mass is 9.83. The first-order valence-electron chi connectivity index (χ1n) is 8.62. The quantitative estimate of drug-likeness (QED) is 0.865. The van der Waals surface area contributed by atoms with E-state index in [0.29, 0.717) is 25.1 Å². The largest absolute Gasteiger partial charge is 0.507 e. The minimum absolute atomic E-state index is 0.00485. The molecule has 0 radical (unpaired) electrons. The lowest BCUT2D eigenvalue weighted by Gasteiger charge is -2.35. The van der Waals surface area contributed by atoms with Crippen LogP contribution in [0.25, 0.3) is 0 Å². The van der Waals surface area contributed by atoms with E-state index in [0.717, 1.165) is 16.7 Å². The average molecular weight is 335 g/mol. The van der Waals surface area contributed by atoms with Crippen molar-refractivity contribution in [1.82, 2.24) is 4.90 Å². The lowest BCUT2D eigenvalue weighted by Crippen LogP contribution is -2.47. The van der Waals surface area contributed by atoms with Gasteiger partial charge in [0.05, 0.1) is 6.61 Å². The zero-order chi connectivity index (χ0) is 18.7. The molecule has 0 aliphatic carbocycles. The zero-order valence-corrected chi connectivity index (χ0v) is 16.2. The number of aryl methyl sites for hydroxylation is 2. The van der Waals surface area contributed by atoms with Crippen molar-refractivity contribution in [3.8, 4) is 5.75 Å². The highest BCUT2D eigenvalue weighted by atomic mass is 16.3. The second-order valence-corrected chi connectivity index (χ2v) is 8.51. The van der Waals surface area contributed by atoms with E-state index in [1.165, 1.54) is 0 Å². The molecule has 1 aromatic rings. The summed E-state index contributed by atoms with van der Waals surface area (Å²) in [5.74, 6) is 0.292. The molecule has 0 bridgehead atoms. The Bertz CT molecular complexity index is 580. The van der Waals surface area contributed by atoms with Crippen LogP contribution in [0.2, 0.25) is 0 Å². The zero-order valence-electron chi connectivity index (χ0n) is 16.2. The first-order valence-corrected chi connectivity index (χ1v) is 8.62. The molecule has 4 nitrogen and oxygen atoms in total. The molecule has 136 valence electrons. The SMILES string of the molecule is Cc1cc(CCC(=O)N(CCO)C(C)(C)C)c(O)c(C(C)(C)C)c1. The number of phenolic OH excluding ortho intramolecular Hbond substituents is 1. The molecule has 0 atom stereocenters. The Labute approximate surface area is 146 Å². The van der Waals surface area contributed by atoms with Crippen molar-refractivity contribution < 1.29 is 15.0 Å². The van der Waals surface area contributed by atoms with Crippen LogP contribution in [0.5, 0.6) is 5.75 Å². The number of aliphatic hydroxyl groups is 1. The van der Waals surface area contributed by atoms with E-state index in [4.69, 9.17) is 0 Å². The van der Waals surface area contributed by atoms with Gasteiger partial charge in [-0.15, -0.1) is 0 Å². The van der Waals surface area contributed by atoms with Gasteiger partial charge in [0, 0.05) is 18.5 Å². The lowest BCUT2D eigenvalue weighted by molar-refractivity contribution is -0.136. The van der Waals surface area contributed by atoms with Crippen molar-refractivity contribution in [3.05, 3.63) is 28.8 Å². The van der Waals surface area contributed by atoms with Crippen LogP contribution in [0.15, 0.2) is 12.1 Å². The Morgan fingerprint density at radius 1 is 1.12 bits per heavy atom. The predicted octanol–water partition coefficient (Wildman–Crippen LogP) is 3.55. The Kier molecular flexibility index (Phi) is 6.45. The Balaban J connectivity index is 2.99. The van der Waals surface area contributed by atoms with Crippen LogP contribution in [0, 0.1) is 6.92 Å². The van der Waals surface area contributed by atoms with Gasteiger partial charge >= 0.3 is 0 Å². The highest BCUT2D eigenvalue weighted by Gasteiger charge is 2.26. The number of rotatable bonds is 5. The van der Waals surface area contributed by atoms with E-state index in [2.05, 4.69) is 20.8 Å². The summed E-state index contributed by atoms with van der Waals surface area (Å²) in [6.07, 6.45) is 0.811. The second-order valence-electron chi connectivity index (χ2n) is 8.51. The van der Waals surface area contributed by atoms with Crippen molar-refractivity contribution in [2.24, 2.45) is 0 Å². The molecular weight excluding hydrogens is 302 g/mol. The summed E-state index contributed by atoms with van der Waals surface area (Å²) in [5.41, 5.74) is 2.33. The molecule has 0 aliphatic rings. The number of phenols is 1. The van der Waals surface area contributed by atoms with Crippen molar-refractivity contribution in [3.63, 3.8) is 0 Å². The van der Waals surface area contributed by atoms with Gasteiger partial charge in [-0.1, -0.05) is 38.5 Å². The van der Waals surface area contributed by atoms with Gasteiger partial charge < -0.3 is 15.1 Å². The molecule has 4 heteroatoms. The van der Waals surface area contributed by atoms with Gasteiger partial charge in [0.1, 0.15) is 5.75 Å². The van der Waals surface area contributed by atoms with E-state index in [-0.39, 0.29) is 23.5 Å². The number of benzene rings is 1. The standard InChI is InChI=1S/C20H33NO3/c1-14-12-15(18(24)16(13-14)19(2,3)4)8-9-17(23)21(10-11-22)20(5,6)7/h12-13,22,24H,8-11H2,1-7H3. The van der Waals surface area contributed by atoms with Gasteiger partial charge in [-0.25, -0.2) is 0 Å². The molecular formula is C20H33NO3. The maximum atomic E-state index is 12.6. The predicted molar refractivity (Wildman–Crippen MR) is 98.4 cm³/mol. The van der Waals surface area contributed by atoms with Crippen LogP contribution in [-0.4, -0.2) is 39.7 Å². The molecule has 1 rings (SSSR count). The van der Waals surface area contributed by atoms with E-state index in [1.807, 2.05) is 39.8 Å². The van der Waals surface area contributed by atoms with Gasteiger partial charge in [0.25, 0.3) is 0 Å². The molecule has 0 spiro atoms. The maximum Gasteiger partial charge on any atom is 0.223 e. The molecule has 1 aromatic carbocycles. The smallest absolute Gasteiger partial charge is 0.223 e. The van der Waals surface area contributed by atoms with Gasteiger partial charge in [0.2, 0.25) is 5.91 Å². The fourth-order valence-electron chi connectivity index (χ4n) is 2.93. The minimum atomic E-state index is -0.328. The van der Waals surface area contributed by atoms with E-state index >= 15 is 0 Å². The number of hydrogen-bond donors (Lipinski definition) is 2. The number of carbonyl (C=O) groups is 1.